The maximum Gasteiger partial charge on any atom is 0.107 e. The molecule has 4 heteroatoms. The van der Waals surface area contributed by atoms with Crippen molar-refractivity contribution in [2.24, 2.45) is 5.73 Å². The van der Waals surface area contributed by atoms with Crippen molar-refractivity contribution < 1.29 is 0 Å². The van der Waals surface area contributed by atoms with Gasteiger partial charge in [-0.1, -0.05) is 55.0 Å². The first kappa shape index (κ1) is 13.8. The number of hydrogen-bond donors (Lipinski definition) is 2. The van der Waals surface area contributed by atoms with E-state index in [2.05, 4.69) is 18.3 Å². The van der Waals surface area contributed by atoms with E-state index in [-0.39, 0.29) is 0 Å². The van der Waals surface area contributed by atoms with E-state index in [0.29, 0.717) is 15.6 Å². The van der Waals surface area contributed by atoms with Gasteiger partial charge in [-0.2, -0.15) is 0 Å². The van der Waals surface area contributed by atoms with Gasteiger partial charge in [0.2, 0.25) is 0 Å². The van der Waals surface area contributed by atoms with Crippen LogP contribution in [0, 0.1) is 0 Å². The topological polar surface area (TPSA) is 38.0 Å². The zero-order valence-corrected chi connectivity index (χ0v) is 12.2. The van der Waals surface area contributed by atoms with Crippen molar-refractivity contribution in [3.05, 3.63) is 58.6 Å². The first-order chi connectivity index (χ1) is 9.13. The van der Waals surface area contributed by atoms with Crippen LogP contribution >= 0.6 is 23.8 Å². The molecule has 2 nitrogen and oxygen atoms in total. The summed E-state index contributed by atoms with van der Waals surface area (Å²) in [7, 11) is 0. The third-order valence-electron chi connectivity index (χ3n) is 2.93. The standard InChI is InChI=1S/C15H15ClN2S/c1-2-10-6-3-4-8-12(10)18-13-9-5-7-11(16)14(13)15(17)19/h3-9,18H,2H2,1H3,(H2,17,19). The van der Waals surface area contributed by atoms with Crippen molar-refractivity contribution in [2.75, 3.05) is 5.32 Å². The SMILES string of the molecule is CCc1ccccc1Nc1cccc(Cl)c1C(N)=S. The maximum absolute atomic E-state index is 6.16. The Morgan fingerprint density at radius 1 is 1.16 bits per heavy atom. The molecule has 0 aromatic heterocycles. The van der Waals surface area contributed by atoms with Gasteiger partial charge in [0, 0.05) is 5.69 Å². The van der Waals surface area contributed by atoms with Gasteiger partial charge in [-0.15, -0.1) is 0 Å². The lowest BCUT2D eigenvalue weighted by molar-refractivity contribution is 1.14. The zero-order valence-electron chi connectivity index (χ0n) is 10.6. The Balaban J connectivity index is 2.44. The smallest absolute Gasteiger partial charge is 0.107 e. The molecule has 0 fully saturated rings. The van der Waals surface area contributed by atoms with Gasteiger partial charge in [0.15, 0.2) is 0 Å². The fraction of sp³-hybridized carbons (Fsp3) is 0.133. The molecule has 0 heterocycles. The summed E-state index contributed by atoms with van der Waals surface area (Å²) in [5.74, 6) is 0. The van der Waals surface area contributed by atoms with Gasteiger partial charge in [-0.3, -0.25) is 0 Å². The summed E-state index contributed by atoms with van der Waals surface area (Å²) in [6.07, 6.45) is 0.951. The number of nitrogens with two attached hydrogens (primary N) is 1. The first-order valence-corrected chi connectivity index (χ1v) is 6.85. The van der Waals surface area contributed by atoms with Crippen LogP contribution in [0.2, 0.25) is 5.02 Å². The molecular weight excluding hydrogens is 276 g/mol. The van der Waals surface area contributed by atoms with Crippen LogP contribution in [0.25, 0.3) is 0 Å². The number of para-hydroxylation sites is 1. The van der Waals surface area contributed by atoms with Crippen molar-refractivity contribution in [2.45, 2.75) is 13.3 Å². The predicted molar refractivity (Wildman–Crippen MR) is 86.4 cm³/mol. The average molecular weight is 291 g/mol. The summed E-state index contributed by atoms with van der Waals surface area (Å²) in [6, 6.07) is 13.7. The quantitative estimate of drug-likeness (QED) is 0.826. The lowest BCUT2D eigenvalue weighted by Gasteiger charge is -2.15. The Morgan fingerprint density at radius 3 is 2.53 bits per heavy atom. The highest BCUT2D eigenvalue weighted by Crippen LogP contribution is 2.28. The van der Waals surface area contributed by atoms with E-state index in [1.54, 1.807) is 6.07 Å². The summed E-state index contributed by atoms with van der Waals surface area (Å²) < 4.78 is 0. The minimum Gasteiger partial charge on any atom is -0.389 e. The van der Waals surface area contributed by atoms with Gasteiger partial charge < -0.3 is 11.1 Å². The highest BCUT2D eigenvalue weighted by molar-refractivity contribution is 7.80. The first-order valence-electron chi connectivity index (χ1n) is 6.06. The Hall–Kier alpha value is -1.58. The number of rotatable bonds is 4. The second-order valence-corrected chi connectivity index (χ2v) is 5.01. The molecule has 19 heavy (non-hydrogen) atoms. The van der Waals surface area contributed by atoms with E-state index < -0.39 is 0 Å². The van der Waals surface area contributed by atoms with Crippen LogP contribution in [-0.2, 0) is 6.42 Å². The molecule has 0 aliphatic heterocycles. The lowest BCUT2D eigenvalue weighted by Crippen LogP contribution is -2.13. The minimum absolute atomic E-state index is 0.294. The van der Waals surface area contributed by atoms with Crippen molar-refractivity contribution in [1.82, 2.24) is 0 Å². The van der Waals surface area contributed by atoms with Crippen molar-refractivity contribution in [3.63, 3.8) is 0 Å². The summed E-state index contributed by atoms with van der Waals surface area (Å²) in [5.41, 5.74) is 9.54. The number of halogens is 1. The van der Waals surface area contributed by atoms with Gasteiger partial charge in [-0.25, -0.2) is 0 Å². The van der Waals surface area contributed by atoms with Gasteiger partial charge in [0.05, 0.1) is 16.3 Å². The van der Waals surface area contributed by atoms with Crippen molar-refractivity contribution in [1.29, 1.82) is 0 Å². The number of anilines is 2. The van der Waals surface area contributed by atoms with Crippen LogP contribution < -0.4 is 11.1 Å². The molecule has 0 spiro atoms. The monoisotopic (exact) mass is 290 g/mol. The molecular formula is C15H15ClN2S. The van der Waals surface area contributed by atoms with Crippen LogP contribution in [0.3, 0.4) is 0 Å². The molecule has 2 aromatic rings. The van der Waals surface area contributed by atoms with E-state index in [1.165, 1.54) is 5.56 Å². The van der Waals surface area contributed by atoms with Gasteiger partial charge in [0.25, 0.3) is 0 Å². The summed E-state index contributed by atoms with van der Waals surface area (Å²) in [6.45, 7) is 2.12. The number of thiocarbonyl (C=S) groups is 1. The van der Waals surface area contributed by atoms with E-state index in [9.17, 15) is 0 Å². The average Bonchev–Trinajstić information content (AvgIpc) is 2.39. The van der Waals surface area contributed by atoms with Gasteiger partial charge in [0.1, 0.15) is 4.99 Å². The van der Waals surface area contributed by atoms with E-state index in [1.807, 2.05) is 30.3 Å². The molecule has 2 aromatic carbocycles. The third kappa shape index (κ3) is 3.06. The summed E-state index contributed by atoms with van der Waals surface area (Å²) in [5, 5.41) is 3.92. The molecule has 0 atom stereocenters. The van der Waals surface area contributed by atoms with Gasteiger partial charge in [-0.05, 0) is 30.2 Å². The maximum atomic E-state index is 6.16. The number of benzene rings is 2. The lowest BCUT2D eigenvalue weighted by atomic mass is 10.1. The van der Waals surface area contributed by atoms with Crippen molar-refractivity contribution >= 4 is 40.2 Å². The summed E-state index contributed by atoms with van der Waals surface area (Å²) >= 11 is 11.2. The predicted octanol–water partition coefficient (Wildman–Crippen LogP) is 4.28. The van der Waals surface area contributed by atoms with E-state index in [4.69, 9.17) is 29.6 Å². The zero-order chi connectivity index (χ0) is 13.8. The Kier molecular flexibility index (Phi) is 4.40. The fourth-order valence-electron chi connectivity index (χ4n) is 1.97. The van der Waals surface area contributed by atoms with Crippen LogP contribution in [0.1, 0.15) is 18.1 Å². The molecule has 0 saturated heterocycles. The molecule has 3 N–H and O–H groups in total. The molecule has 0 saturated carbocycles. The van der Waals surface area contributed by atoms with E-state index in [0.717, 1.165) is 17.8 Å². The second-order valence-electron chi connectivity index (χ2n) is 4.16. The molecule has 0 radical (unpaired) electrons. The van der Waals surface area contributed by atoms with E-state index >= 15 is 0 Å². The van der Waals surface area contributed by atoms with Crippen LogP contribution in [0.15, 0.2) is 42.5 Å². The minimum atomic E-state index is 0.294. The summed E-state index contributed by atoms with van der Waals surface area (Å²) in [4.78, 5) is 0.294. The highest BCUT2D eigenvalue weighted by atomic mass is 35.5. The number of hydrogen-bond acceptors (Lipinski definition) is 2. The molecule has 98 valence electrons. The third-order valence-corrected chi connectivity index (χ3v) is 3.45. The Bertz CT molecular complexity index is 611. The van der Waals surface area contributed by atoms with Gasteiger partial charge >= 0.3 is 0 Å². The molecule has 2 rings (SSSR count). The van der Waals surface area contributed by atoms with Crippen LogP contribution in [-0.4, -0.2) is 4.99 Å². The number of nitrogens with one attached hydrogen (secondary N) is 1. The second kappa shape index (κ2) is 6.04. The van der Waals surface area contributed by atoms with Crippen LogP contribution in [0.5, 0.6) is 0 Å². The van der Waals surface area contributed by atoms with Crippen molar-refractivity contribution in [3.8, 4) is 0 Å². The molecule has 0 unspecified atom stereocenters. The number of aryl methyl sites for hydroxylation is 1. The van der Waals surface area contributed by atoms with Crippen LogP contribution in [0.4, 0.5) is 11.4 Å². The molecule has 0 bridgehead atoms. The normalized spacial score (nSPS) is 10.2. The Morgan fingerprint density at radius 2 is 1.84 bits per heavy atom. The fourth-order valence-corrected chi connectivity index (χ4v) is 2.53. The molecule has 0 amide bonds. The molecule has 0 aliphatic rings. The largest absolute Gasteiger partial charge is 0.389 e. The molecule has 0 aliphatic carbocycles. The Labute approximate surface area is 123 Å². The highest BCUT2D eigenvalue weighted by Gasteiger charge is 2.10.